The lowest BCUT2D eigenvalue weighted by molar-refractivity contribution is -0.130. The Morgan fingerprint density at radius 2 is 2.15 bits per heavy atom. The molecule has 1 N–H and O–H groups in total. The monoisotopic (exact) mass is 174 g/mol. The van der Waals surface area contributed by atoms with Crippen LogP contribution in [-0.4, -0.2) is 21.5 Å². The first-order chi connectivity index (χ1) is 6.29. The smallest absolute Gasteiger partial charge is 0.236 e. The van der Waals surface area contributed by atoms with Gasteiger partial charge in [0.25, 0.3) is 0 Å². The van der Waals surface area contributed by atoms with Crippen molar-refractivity contribution in [1.29, 1.82) is 0 Å². The maximum absolute atomic E-state index is 11.3. The third kappa shape index (κ3) is 1.22. The van der Waals surface area contributed by atoms with Crippen LogP contribution in [0.4, 0.5) is 0 Å². The van der Waals surface area contributed by atoms with E-state index in [2.05, 4.69) is 9.97 Å². The number of ketones is 2. The highest BCUT2D eigenvalue weighted by Crippen LogP contribution is 2.14. The second-order valence-electron chi connectivity index (χ2n) is 2.57. The molecule has 1 aromatic heterocycles. The highest BCUT2D eigenvalue weighted by Gasteiger charge is 2.21. The van der Waals surface area contributed by atoms with Crippen molar-refractivity contribution in [2.75, 3.05) is 0 Å². The zero-order chi connectivity index (χ0) is 9.26. The summed E-state index contributed by atoms with van der Waals surface area (Å²) < 4.78 is 0. The fraction of sp³-hybridized carbons (Fsp3) is 0. The third-order valence-electron chi connectivity index (χ3n) is 1.73. The zero-order valence-electron chi connectivity index (χ0n) is 6.65. The summed E-state index contributed by atoms with van der Waals surface area (Å²) in [5.74, 6) is -0.589. The van der Waals surface area contributed by atoms with E-state index in [1.165, 1.54) is 12.3 Å². The Morgan fingerprint density at radius 3 is 2.85 bits per heavy atom. The van der Waals surface area contributed by atoms with Crippen molar-refractivity contribution in [3.05, 3.63) is 36.4 Å². The number of carbonyl (C=O) groups excluding carboxylic acids is 2. The number of aromatic amines is 1. The van der Waals surface area contributed by atoms with Gasteiger partial charge in [0.1, 0.15) is 5.82 Å². The molecular formula is C9H6N2O2. The average Bonchev–Trinajstić information content (AvgIpc) is 2.62. The molecule has 4 nitrogen and oxygen atoms in total. The van der Waals surface area contributed by atoms with E-state index in [1.54, 1.807) is 18.3 Å². The van der Waals surface area contributed by atoms with Crippen LogP contribution in [0.3, 0.4) is 0 Å². The van der Waals surface area contributed by atoms with Gasteiger partial charge in [0, 0.05) is 12.4 Å². The number of H-pyrrole nitrogens is 1. The van der Waals surface area contributed by atoms with Gasteiger partial charge in [0.05, 0.1) is 5.57 Å². The van der Waals surface area contributed by atoms with Crippen molar-refractivity contribution in [1.82, 2.24) is 9.97 Å². The van der Waals surface area contributed by atoms with E-state index in [4.69, 9.17) is 0 Å². The quantitative estimate of drug-likeness (QED) is 0.498. The van der Waals surface area contributed by atoms with Gasteiger partial charge in [-0.05, 0) is 12.2 Å². The second-order valence-corrected chi connectivity index (χ2v) is 2.57. The molecule has 0 aliphatic heterocycles. The summed E-state index contributed by atoms with van der Waals surface area (Å²) >= 11 is 0. The lowest BCUT2D eigenvalue weighted by Gasteiger charge is -2.02. The fourth-order valence-electron chi connectivity index (χ4n) is 1.11. The van der Waals surface area contributed by atoms with Crippen LogP contribution in [0, 0.1) is 0 Å². The topological polar surface area (TPSA) is 62.8 Å². The number of Topliss-reactive ketones (excluding diaryl/α,β-unsaturated/α-hetero) is 1. The van der Waals surface area contributed by atoms with Gasteiger partial charge in [-0.1, -0.05) is 6.08 Å². The molecule has 0 fully saturated rings. The minimum absolute atomic E-state index is 0.317. The number of hydrogen-bond acceptors (Lipinski definition) is 3. The summed E-state index contributed by atoms with van der Waals surface area (Å²) in [5.41, 5.74) is 0.317. The molecule has 0 saturated heterocycles. The summed E-state index contributed by atoms with van der Waals surface area (Å²) in [5, 5.41) is 0. The first kappa shape index (κ1) is 7.67. The van der Waals surface area contributed by atoms with Gasteiger partial charge in [-0.3, -0.25) is 9.59 Å². The van der Waals surface area contributed by atoms with Gasteiger partial charge >= 0.3 is 0 Å². The minimum atomic E-state index is -0.516. The van der Waals surface area contributed by atoms with Gasteiger partial charge in [0.15, 0.2) is 0 Å². The molecule has 0 unspecified atom stereocenters. The maximum atomic E-state index is 11.3. The van der Waals surface area contributed by atoms with Gasteiger partial charge in [0.2, 0.25) is 11.6 Å². The number of nitrogens with zero attached hydrogens (tertiary/aromatic N) is 1. The SMILES string of the molecule is O=C1C=CC=C(c2ncc[nH]2)C1=O. The Bertz CT molecular complexity index is 413. The van der Waals surface area contributed by atoms with Crippen molar-refractivity contribution in [3.63, 3.8) is 0 Å². The first-order valence-corrected chi connectivity index (χ1v) is 3.76. The Labute approximate surface area is 74.0 Å². The molecule has 0 amide bonds. The predicted molar refractivity (Wildman–Crippen MR) is 45.7 cm³/mol. The van der Waals surface area contributed by atoms with E-state index >= 15 is 0 Å². The predicted octanol–water partition coefficient (Wildman–Crippen LogP) is 0.501. The summed E-state index contributed by atoms with van der Waals surface area (Å²) in [7, 11) is 0. The van der Waals surface area contributed by atoms with Gasteiger partial charge in [-0.15, -0.1) is 0 Å². The van der Waals surface area contributed by atoms with Crippen molar-refractivity contribution in [2.24, 2.45) is 0 Å². The van der Waals surface area contributed by atoms with Gasteiger partial charge in [-0.2, -0.15) is 0 Å². The molecule has 1 heterocycles. The zero-order valence-corrected chi connectivity index (χ0v) is 6.65. The highest BCUT2D eigenvalue weighted by atomic mass is 16.2. The van der Waals surface area contributed by atoms with E-state index in [0.29, 0.717) is 11.4 Å². The Kier molecular flexibility index (Phi) is 1.66. The molecule has 1 aromatic rings. The van der Waals surface area contributed by atoms with Crippen molar-refractivity contribution >= 4 is 17.1 Å². The minimum Gasteiger partial charge on any atom is -0.345 e. The van der Waals surface area contributed by atoms with Crippen molar-refractivity contribution < 1.29 is 9.59 Å². The van der Waals surface area contributed by atoms with Gasteiger partial charge < -0.3 is 4.98 Å². The number of imidazole rings is 1. The van der Waals surface area contributed by atoms with Gasteiger partial charge in [-0.25, -0.2) is 4.98 Å². The van der Waals surface area contributed by atoms with Crippen LogP contribution < -0.4 is 0 Å². The highest BCUT2D eigenvalue weighted by molar-refractivity contribution is 6.57. The largest absolute Gasteiger partial charge is 0.345 e. The summed E-state index contributed by atoms with van der Waals surface area (Å²) in [6.45, 7) is 0. The molecular weight excluding hydrogens is 168 g/mol. The summed E-state index contributed by atoms with van der Waals surface area (Å²) in [4.78, 5) is 28.9. The van der Waals surface area contributed by atoms with E-state index < -0.39 is 11.6 Å². The van der Waals surface area contributed by atoms with Crippen molar-refractivity contribution in [2.45, 2.75) is 0 Å². The number of carbonyl (C=O) groups is 2. The van der Waals surface area contributed by atoms with E-state index in [1.807, 2.05) is 0 Å². The molecule has 2 rings (SSSR count). The Balaban J connectivity index is 2.45. The standard InChI is InChI=1S/C9H6N2O2/c12-7-3-1-2-6(8(7)13)9-10-4-5-11-9/h1-5H,(H,10,11). The number of rotatable bonds is 1. The molecule has 0 atom stereocenters. The van der Waals surface area contributed by atoms with Crippen LogP contribution in [0.15, 0.2) is 30.6 Å². The molecule has 0 bridgehead atoms. The number of aromatic nitrogens is 2. The Morgan fingerprint density at radius 1 is 1.31 bits per heavy atom. The molecule has 0 aromatic carbocycles. The molecule has 1 aliphatic rings. The van der Waals surface area contributed by atoms with E-state index in [-0.39, 0.29) is 0 Å². The van der Waals surface area contributed by atoms with Crippen LogP contribution in [0.25, 0.3) is 5.57 Å². The molecule has 1 aliphatic carbocycles. The van der Waals surface area contributed by atoms with Crippen molar-refractivity contribution in [3.8, 4) is 0 Å². The van der Waals surface area contributed by atoms with Crippen LogP contribution in [0.1, 0.15) is 5.82 Å². The van der Waals surface area contributed by atoms with E-state index in [0.717, 1.165) is 0 Å². The second kappa shape index (κ2) is 2.82. The fourth-order valence-corrected chi connectivity index (χ4v) is 1.11. The summed E-state index contributed by atoms with van der Waals surface area (Å²) in [6, 6.07) is 0. The number of hydrogen-bond donors (Lipinski definition) is 1. The average molecular weight is 174 g/mol. The van der Waals surface area contributed by atoms with Crippen LogP contribution in [-0.2, 0) is 9.59 Å². The van der Waals surface area contributed by atoms with Crippen LogP contribution in [0.5, 0.6) is 0 Å². The molecule has 13 heavy (non-hydrogen) atoms. The van der Waals surface area contributed by atoms with Crippen LogP contribution >= 0.6 is 0 Å². The van der Waals surface area contributed by atoms with E-state index in [9.17, 15) is 9.59 Å². The molecule has 64 valence electrons. The molecule has 0 radical (unpaired) electrons. The Hall–Kier alpha value is -1.97. The maximum Gasteiger partial charge on any atom is 0.236 e. The summed E-state index contributed by atoms with van der Waals surface area (Å²) in [6.07, 6.45) is 7.50. The first-order valence-electron chi connectivity index (χ1n) is 3.76. The lowest BCUT2D eigenvalue weighted by atomic mass is 10.0. The molecule has 0 spiro atoms. The molecule has 0 saturated carbocycles. The van der Waals surface area contributed by atoms with Crippen LogP contribution in [0.2, 0.25) is 0 Å². The third-order valence-corrected chi connectivity index (χ3v) is 1.73. The number of allylic oxidation sites excluding steroid dienone is 4. The lowest BCUT2D eigenvalue weighted by Crippen LogP contribution is -2.16. The number of nitrogens with one attached hydrogen (secondary N) is 1. The molecule has 4 heteroatoms. The normalized spacial score (nSPS) is 16.2.